The first-order valence-electron chi connectivity index (χ1n) is 6.02. The van der Waals surface area contributed by atoms with E-state index in [0.29, 0.717) is 12.4 Å². The zero-order valence-electron chi connectivity index (χ0n) is 10.9. The van der Waals surface area contributed by atoms with Crippen molar-refractivity contribution in [1.82, 2.24) is 9.97 Å². The van der Waals surface area contributed by atoms with Crippen LogP contribution in [0.5, 0.6) is 0 Å². The fourth-order valence-electron chi connectivity index (χ4n) is 1.98. The topological polar surface area (TPSA) is 66.3 Å². The Labute approximate surface area is 111 Å². The molecule has 0 saturated carbocycles. The number of rotatable bonds is 4. The number of carbonyl (C=O) groups is 1. The van der Waals surface area contributed by atoms with Gasteiger partial charge in [-0.15, -0.1) is 0 Å². The number of hydrogen-bond donors (Lipinski definition) is 1. The van der Waals surface area contributed by atoms with Crippen LogP contribution in [-0.2, 0) is 0 Å². The number of nitrogens with zero attached hydrogens (tertiary/aromatic N) is 3. The summed E-state index contributed by atoms with van der Waals surface area (Å²) in [5.41, 5.74) is 1.96. The first kappa shape index (κ1) is 13.0. The summed E-state index contributed by atoms with van der Waals surface area (Å²) in [6.45, 7) is 4.55. The van der Waals surface area contributed by atoms with E-state index in [1.165, 1.54) is 12.4 Å². The lowest BCUT2D eigenvalue weighted by Crippen LogP contribution is -2.22. The third-order valence-electron chi connectivity index (χ3n) is 2.86. The van der Waals surface area contributed by atoms with Gasteiger partial charge in [-0.2, -0.15) is 0 Å². The fourth-order valence-corrected chi connectivity index (χ4v) is 1.98. The molecule has 2 aromatic rings. The Kier molecular flexibility index (Phi) is 3.75. The van der Waals surface area contributed by atoms with Gasteiger partial charge >= 0.3 is 5.97 Å². The Morgan fingerprint density at radius 2 is 1.95 bits per heavy atom. The molecule has 0 atom stereocenters. The van der Waals surface area contributed by atoms with Crippen LogP contribution in [0.25, 0.3) is 0 Å². The highest BCUT2D eigenvalue weighted by Gasteiger charge is 2.19. The van der Waals surface area contributed by atoms with Crippen LogP contribution in [0.3, 0.4) is 0 Å². The Bertz CT molecular complexity index is 599. The predicted octanol–water partition coefficient (Wildman–Crippen LogP) is 2.64. The van der Waals surface area contributed by atoms with Crippen LogP contribution in [0.15, 0.2) is 36.7 Å². The molecular formula is C14H15N3O2. The number of anilines is 2. The van der Waals surface area contributed by atoms with E-state index in [2.05, 4.69) is 9.97 Å². The van der Waals surface area contributed by atoms with E-state index in [1.807, 2.05) is 43.0 Å². The standard InChI is InChI=1S/C14H15N3O2/c1-3-17(11-7-5-4-6-10(11)2)13-12(14(18)19)15-8-9-16-13/h4-9H,3H2,1-2H3,(H,18,19). The second kappa shape index (κ2) is 5.48. The molecule has 0 spiro atoms. The monoisotopic (exact) mass is 257 g/mol. The molecule has 0 aliphatic rings. The molecule has 19 heavy (non-hydrogen) atoms. The molecule has 0 unspecified atom stereocenters. The first-order chi connectivity index (χ1) is 9.15. The lowest BCUT2D eigenvalue weighted by Gasteiger charge is -2.24. The van der Waals surface area contributed by atoms with E-state index < -0.39 is 5.97 Å². The molecule has 2 rings (SSSR count). The number of para-hydroxylation sites is 1. The van der Waals surface area contributed by atoms with Gasteiger partial charge in [-0.25, -0.2) is 14.8 Å². The van der Waals surface area contributed by atoms with Gasteiger partial charge in [0.2, 0.25) is 0 Å². The molecule has 1 aromatic carbocycles. The van der Waals surface area contributed by atoms with E-state index in [9.17, 15) is 9.90 Å². The first-order valence-corrected chi connectivity index (χ1v) is 6.02. The SMILES string of the molecule is CCN(c1ccccc1C)c1nccnc1C(=O)O. The van der Waals surface area contributed by atoms with Crippen molar-refractivity contribution in [3.8, 4) is 0 Å². The summed E-state index contributed by atoms with van der Waals surface area (Å²) in [6.07, 6.45) is 2.89. The molecule has 0 radical (unpaired) electrons. The molecule has 0 fully saturated rings. The Morgan fingerprint density at radius 3 is 2.58 bits per heavy atom. The number of benzene rings is 1. The van der Waals surface area contributed by atoms with Gasteiger partial charge in [-0.3, -0.25) is 0 Å². The molecule has 1 aromatic heterocycles. The second-order valence-corrected chi connectivity index (χ2v) is 4.06. The molecule has 98 valence electrons. The maximum atomic E-state index is 11.2. The number of carboxylic acid groups (broad SMARTS) is 1. The van der Waals surface area contributed by atoms with Gasteiger partial charge in [0.05, 0.1) is 0 Å². The third kappa shape index (κ3) is 2.54. The highest BCUT2D eigenvalue weighted by Crippen LogP contribution is 2.27. The highest BCUT2D eigenvalue weighted by atomic mass is 16.4. The van der Waals surface area contributed by atoms with Crippen molar-refractivity contribution in [1.29, 1.82) is 0 Å². The van der Waals surface area contributed by atoms with Crippen molar-refractivity contribution < 1.29 is 9.90 Å². The second-order valence-electron chi connectivity index (χ2n) is 4.06. The summed E-state index contributed by atoms with van der Waals surface area (Å²) in [5, 5.41) is 9.20. The number of aryl methyl sites for hydroxylation is 1. The van der Waals surface area contributed by atoms with Crippen molar-refractivity contribution >= 4 is 17.5 Å². The maximum absolute atomic E-state index is 11.2. The fraction of sp³-hybridized carbons (Fsp3) is 0.214. The smallest absolute Gasteiger partial charge is 0.358 e. The summed E-state index contributed by atoms with van der Waals surface area (Å²) >= 11 is 0. The van der Waals surface area contributed by atoms with E-state index in [-0.39, 0.29) is 5.69 Å². The van der Waals surface area contributed by atoms with E-state index >= 15 is 0 Å². The van der Waals surface area contributed by atoms with Gasteiger partial charge in [-0.05, 0) is 25.5 Å². The predicted molar refractivity (Wildman–Crippen MR) is 72.9 cm³/mol. The zero-order valence-corrected chi connectivity index (χ0v) is 10.9. The zero-order chi connectivity index (χ0) is 13.8. The van der Waals surface area contributed by atoms with Crippen LogP contribution < -0.4 is 4.90 Å². The van der Waals surface area contributed by atoms with Crippen molar-refractivity contribution in [2.24, 2.45) is 0 Å². The number of aromatic carboxylic acids is 1. The van der Waals surface area contributed by atoms with Crippen molar-refractivity contribution in [2.75, 3.05) is 11.4 Å². The number of hydrogen-bond acceptors (Lipinski definition) is 4. The van der Waals surface area contributed by atoms with E-state index in [1.54, 1.807) is 0 Å². The molecule has 5 nitrogen and oxygen atoms in total. The lowest BCUT2D eigenvalue weighted by atomic mass is 10.1. The third-order valence-corrected chi connectivity index (χ3v) is 2.86. The summed E-state index contributed by atoms with van der Waals surface area (Å²) in [5.74, 6) is -0.707. The minimum absolute atomic E-state index is 0.0346. The summed E-state index contributed by atoms with van der Waals surface area (Å²) in [7, 11) is 0. The summed E-state index contributed by atoms with van der Waals surface area (Å²) < 4.78 is 0. The van der Waals surface area contributed by atoms with Crippen molar-refractivity contribution in [2.45, 2.75) is 13.8 Å². The molecule has 1 N–H and O–H groups in total. The highest BCUT2D eigenvalue weighted by molar-refractivity contribution is 5.92. The van der Waals surface area contributed by atoms with Crippen LogP contribution in [0.2, 0.25) is 0 Å². The van der Waals surface area contributed by atoms with Crippen molar-refractivity contribution in [3.63, 3.8) is 0 Å². The summed E-state index contributed by atoms with van der Waals surface area (Å²) in [6, 6.07) is 7.79. The van der Waals surface area contributed by atoms with Gasteiger partial charge in [0.25, 0.3) is 0 Å². The molecular weight excluding hydrogens is 242 g/mol. The average Bonchev–Trinajstić information content (AvgIpc) is 2.42. The number of carboxylic acids is 1. The van der Waals surface area contributed by atoms with Crippen LogP contribution in [-0.4, -0.2) is 27.6 Å². The van der Waals surface area contributed by atoms with Crippen LogP contribution in [0, 0.1) is 6.92 Å². The molecule has 0 bridgehead atoms. The Balaban J connectivity index is 2.55. The molecule has 0 aliphatic carbocycles. The Morgan fingerprint density at radius 1 is 1.26 bits per heavy atom. The van der Waals surface area contributed by atoms with E-state index in [0.717, 1.165) is 11.3 Å². The summed E-state index contributed by atoms with van der Waals surface area (Å²) in [4.78, 5) is 21.2. The molecule has 0 saturated heterocycles. The van der Waals surface area contributed by atoms with Crippen LogP contribution >= 0.6 is 0 Å². The van der Waals surface area contributed by atoms with Gasteiger partial charge in [0, 0.05) is 24.6 Å². The van der Waals surface area contributed by atoms with Crippen LogP contribution in [0.4, 0.5) is 11.5 Å². The largest absolute Gasteiger partial charge is 0.476 e. The maximum Gasteiger partial charge on any atom is 0.358 e. The van der Waals surface area contributed by atoms with Crippen molar-refractivity contribution in [3.05, 3.63) is 47.9 Å². The molecule has 1 heterocycles. The normalized spacial score (nSPS) is 10.2. The van der Waals surface area contributed by atoms with Gasteiger partial charge in [0.15, 0.2) is 11.5 Å². The van der Waals surface area contributed by atoms with E-state index in [4.69, 9.17) is 0 Å². The van der Waals surface area contributed by atoms with Crippen LogP contribution in [0.1, 0.15) is 23.0 Å². The van der Waals surface area contributed by atoms with Gasteiger partial charge in [0.1, 0.15) is 0 Å². The van der Waals surface area contributed by atoms with Gasteiger partial charge < -0.3 is 10.0 Å². The molecule has 0 aliphatic heterocycles. The quantitative estimate of drug-likeness (QED) is 0.912. The lowest BCUT2D eigenvalue weighted by molar-refractivity contribution is 0.0691. The van der Waals surface area contributed by atoms with Gasteiger partial charge in [-0.1, -0.05) is 18.2 Å². The average molecular weight is 257 g/mol. The minimum atomic E-state index is -1.07. The minimum Gasteiger partial charge on any atom is -0.476 e. The number of aromatic nitrogens is 2. The Hall–Kier alpha value is -2.43. The molecule has 0 amide bonds. The molecule has 5 heteroatoms.